The summed E-state index contributed by atoms with van der Waals surface area (Å²) in [6.45, 7) is 1.28. The highest BCUT2D eigenvalue weighted by Crippen LogP contribution is 2.23. The summed E-state index contributed by atoms with van der Waals surface area (Å²) in [6, 6.07) is 10.2. The second-order valence-corrected chi connectivity index (χ2v) is 9.97. The lowest BCUT2D eigenvalue weighted by Crippen LogP contribution is -2.22. The van der Waals surface area contributed by atoms with Crippen molar-refractivity contribution < 1.29 is 27.7 Å². The fourth-order valence-electron chi connectivity index (χ4n) is 2.90. The average molecular weight is 478 g/mol. The number of hydrogen-bond acceptors (Lipinski definition) is 8. The molecule has 168 valence electrons. The van der Waals surface area contributed by atoms with E-state index in [4.69, 9.17) is 0 Å². The van der Waals surface area contributed by atoms with Gasteiger partial charge >= 0.3 is 5.97 Å². The summed E-state index contributed by atoms with van der Waals surface area (Å²) >= 11 is 1.11. The summed E-state index contributed by atoms with van der Waals surface area (Å²) in [6.07, 6.45) is -0.0843. The van der Waals surface area contributed by atoms with Crippen LogP contribution in [-0.4, -0.2) is 42.6 Å². The number of amides is 1. The Bertz CT molecular complexity index is 1370. The molecular formula is C20H19N3O7S2. The van der Waals surface area contributed by atoms with Crippen molar-refractivity contribution in [2.24, 2.45) is 4.99 Å². The first-order valence-corrected chi connectivity index (χ1v) is 11.9. The molecule has 0 N–H and O–H groups in total. The third-order valence-electron chi connectivity index (χ3n) is 4.63. The van der Waals surface area contributed by atoms with Gasteiger partial charge in [0.15, 0.2) is 14.6 Å². The Morgan fingerprint density at radius 2 is 1.88 bits per heavy atom. The third-order valence-corrected chi connectivity index (χ3v) is 7.44. The van der Waals surface area contributed by atoms with Crippen molar-refractivity contribution in [3.63, 3.8) is 0 Å². The van der Waals surface area contributed by atoms with Gasteiger partial charge in [-0.15, -0.1) is 0 Å². The smallest absolute Gasteiger partial charge is 0.325 e. The molecular weight excluding hydrogens is 458 g/mol. The van der Waals surface area contributed by atoms with E-state index in [0.29, 0.717) is 15.8 Å². The van der Waals surface area contributed by atoms with Crippen LogP contribution in [0, 0.1) is 10.1 Å². The Morgan fingerprint density at radius 1 is 1.19 bits per heavy atom. The Morgan fingerprint density at radius 3 is 2.47 bits per heavy atom. The van der Waals surface area contributed by atoms with E-state index in [2.05, 4.69) is 9.73 Å². The van der Waals surface area contributed by atoms with Gasteiger partial charge in [-0.3, -0.25) is 19.7 Å². The van der Waals surface area contributed by atoms with Crippen molar-refractivity contribution >= 4 is 49.0 Å². The number of nitro benzene ring substituents is 1. The molecule has 2 aromatic carbocycles. The first kappa shape index (κ1) is 23.3. The number of rotatable bonds is 7. The molecule has 1 heterocycles. The van der Waals surface area contributed by atoms with Crippen LogP contribution in [0.4, 0.5) is 5.69 Å². The van der Waals surface area contributed by atoms with E-state index in [0.717, 1.165) is 11.3 Å². The topological polar surface area (TPSA) is 138 Å². The maximum Gasteiger partial charge on any atom is 0.325 e. The van der Waals surface area contributed by atoms with Gasteiger partial charge in [-0.1, -0.05) is 30.4 Å². The summed E-state index contributed by atoms with van der Waals surface area (Å²) in [4.78, 5) is 39.5. The van der Waals surface area contributed by atoms with Gasteiger partial charge in [-0.2, -0.15) is 4.99 Å². The SMILES string of the molecule is CCS(=O)(=O)c1ccc(CC(=O)N=c2sc3ccc([N+](=O)[O-])cc3n2CC(=O)OC)cc1. The number of esters is 1. The van der Waals surface area contributed by atoms with Crippen LogP contribution in [0.2, 0.25) is 0 Å². The molecule has 10 nitrogen and oxygen atoms in total. The van der Waals surface area contributed by atoms with Crippen molar-refractivity contribution in [2.75, 3.05) is 12.9 Å². The lowest BCUT2D eigenvalue weighted by atomic mass is 10.1. The van der Waals surface area contributed by atoms with Gasteiger partial charge in [-0.05, 0) is 23.8 Å². The molecule has 1 amide bonds. The summed E-state index contributed by atoms with van der Waals surface area (Å²) < 4.78 is 30.5. The van der Waals surface area contributed by atoms with E-state index in [1.807, 2.05) is 0 Å². The largest absolute Gasteiger partial charge is 0.468 e. The number of fused-ring (bicyclic) bond motifs is 1. The van der Waals surface area contributed by atoms with E-state index in [9.17, 15) is 28.1 Å². The Hall–Kier alpha value is -3.38. The fourth-order valence-corrected chi connectivity index (χ4v) is 4.82. The predicted molar refractivity (Wildman–Crippen MR) is 117 cm³/mol. The van der Waals surface area contributed by atoms with Crippen molar-refractivity contribution in [1.29, 1.82) is 0 Å². The van der Waals surface area contributed by atoms with Crippen LogP contribution in [0.3, 0.4) is 0 Å². The number of nitro groups is 1. The van der Waals surface area contributed by atoms with Crippen LogP contribution >= 0.6 is 11.3 Å². The number of thiazole rings is 1. The van der Waals surface area contributed by atoms with Crippen molar-refractivity contribution in [3.8, 4) is 0 Å². The molecule has 0 unspecified atom stereocenters. The molecule has 3 rings (SSSR count). The Kier molecular flexibility index (Phi) is 6.84. The number of methoxy groups -OCH3 is 1. The standard InChI is InChI=1S/C20H19N3O7S2/c1-3-32(28,29)15-7-4-13(5-8-15)10-18(24)21-20-22(12-19(25)30-2)16-11-14(23(26)27)6-9-17(16)31-20/h4-9,11H,3,10,12H2,1-2H3. The molecule has 0 saturated carbocycles. The van der Waals surface area contributed by atoms with Gasteiger partial charge in [0.05, 0.1) is 39.3 Å². The molecule has 0 fully saturated rings. The molecule has 0 aliphatic heterocycles. The molecule has 0 bridgehead atoms. The summed E-state index contributed by atoms with van der Waals surface area (Å²) in [5, 5.41) is 11.1. The number of carbonyl (C=O) groups excluding carboxylic acids is 2. The highest BCUT2D eigenvalue weighted by atomic mass is 32.2. The van der Waals surface area contributed by atoms with Crippen LogP contribution in [-0.2, 0) is 37.1 Å². The minimum absolute atomic E-state index is 0.0229. The molecule has 0 saturated heterocycles. The molecule has 0 radical (unpaired) electrons. The maximum atomic E-state index is 12.6. The lowest BCUT2D eigenvalue weighted by Gasteiger charge is -2.04. The van der Waals surface area contributed by atoms with Crippen molar-refractivity contribution in [1.82, 2.24) is 4.57 Å². The average Bonchev–Trinajstić information content (AvgIpc) is 3.09. The third kappa shape index (κ3) is 5.08. The van der Waals surface area contributed by atoms with Crippen molar-refractivity contribution in [3.05, 3.63) is 62.9 Å². The van der Waals surface area contributed by atoms with Gasteiger partial charge in [0.2, 0.25) is 0 Å². The summed E-state index contributed by atoms with van der Waals surface area (Å²) in [5.41, 5.74) is 0.800. The summed E-state index contributed by atoms with van der Waals surface area (Å²) in [7, 11) is -2.13. The fraction of sp³-hybridized carbons (Fsp3) is 0.250. The lowest BCUT2D eigenvalue weighted by molar-refractivity contribution is -0.384. The normalized spacial score (nSPS) is 12.1. The van der Waals surface area contributed by atoms with Gasteiger partial charge in [-0.25, -0.2) is 8.42 Å². The van der Waals surface area contributed by atoms with Gasteiger partial charge in [0, 0.05) is 12.1 Å². The number of hydrogen-bond donors (Lipinski definition) is 0. The zero-order valence-electron chi connectivity index (χ0n) is 17.2. The van der Waals surface area contributed by atoms with E-state index < -0.39 is 26.6 Å². The highest BCUT2D eigenvalue weighted by molar-refractivity contribution is 7.91. The molecule has 0 aliphatic rings. The quantitative estimate of drug-likeness (QED) is 0.289. The molecule has 3 aromatic rings. The first-order valence-electron chi connectivity index (χ1n) is 9.38. The van der Waals surface area contributed by atoms with Gasteiger partial charge < -0.3 is 9.30 Å². The number of ether oxygens (including phenoxy) is 1. The number of nitrogens with zero attached hydrogens (tertiary/aromatic N) is 3. The Balaban J connectivity index is 1.97. The maximum absolute atomic E-state index is 12.6. The van der Waals surface area contributed by atoms with E-state index in [1.165, 1.54) is 42.0 Å². The molecule has 12 heteroatoms. The van der Waals surface area contributed by atoms with E-state index in [1.54, 1.807) is 19.1 Å². The minimum atomic E-state index is -3.34. The monoisotopic (exact) mass is 477 g/mol. The van der Waals surface area contributed by atoms with Crippen molar-refractivity contribution in [2.45, 2.75) is 24.8 Å². The first-order chi connectivity index (χ1) is 15.1. The zero-order valence-corrected chi connectivity index (χ0v) is 18.8. The molecule has 0 spiro atoms. The van der Waals surface area contributed by atoms with Gasteiger partial charge in [0.1, 0.15) is 6.54 Å². The number of benzene rings is 2. The number of aromatic nitrogens is 1. The van der Waals surface area contributed by atoms with E-state index >= 15 is 0 Å². The number of sulfone groups is 1. The molecule has 32 heavy (non-hydrogen) atoms. The highest BCUT2D eigenvalue weighted by Gasteiger charge is 2.16. The van der Waals surface area contributed by atoms with Crippen LogP contribution < -0.4 is 4.80 Å². The molecule has 0 atom stereocenters. The number of non-ortho nitro benzene ring substituents is 1. The predicted octanol–water partition coefficient (Wildman–Crippen LogP) is 2.25. The zero-order chi connectivity index (χ0) is 23.5. The second kappa shape index (κ2) is 9.40. The van der Waals surface area contributed by atoms with Crippen LogP contribution in [0.1, 0.15) is 12.5 Å². The van der Waals surface area contributed by atoms with E-state index in [-0.39, 0.29) is 34.1 Å². The van der Waals surface area contributed by atoms with Crippen LogP contribution in [0.25, 0.3) is 10.2 Å². The Labute approximate surface area is 186 Å². The van der Waals surface area contributed by atoms with Crippen LogP contribution in [0.15, 0.2) is 52.4 Å². The van der Waals surface area contributed by atoms with Crippen LogP contribution in [0.5, 0.6) is 0 Å². The molecule has 0 aliphatic carbocycles. The number of carbonyl (C=O) groups is 2. The summed E-state index contributed by atoms with van der Waals surface area (Å²) in [5.74, 6) is -1.14. The minimum Gasteiger partial charge on any atom is -0.468 e. The molecule has 1 aromatic heterocycles. The van der Waals surface area contributed by atoms with Gasteiger partial charge in [0.25, 0.3) is 11.6 Å². The second-order valence-electron chi connectivity index (χ2n) is 6.69.